The summed E-state index contributed by atoms with van der Waals surface area (Å²) in [6, 6.07) is -0.0509. The van der Waals surface area contributed by atoms with Crippen LogP contribution in [0.5, 0.6) is 0 Å². The van der Waals surface area contributed by atoms with Crippen molar-refractivity contribution in [3.8, 4) is 0 Å². The van der Waals surface area contributed by atoms with Gasteiger partial charge < -0.3 is 10.1 Å². The number of nitrogens with one attached hydrogen (secondary N) is 1. The molecule has 0 aliphatic carbocycles. The van der Waals surface area contributed by atoms with Crippen molar-refractivity contribution in [2.75, 3.05) is 13.7 Å². The number of hydrogen-bond acceptors (Lipinski definition) is 3. The van der Waals surface area contributed by atoms with Crippen LogP contribution in [0.15, 0.2) is 0 Å². The third-order valence-electron chi connectivity index (χ3n) is 2.33. The number of rotatable bonds is 2. The highest BCUT2D eigenvalue weighted by Crippen LogP contribution is 2.19. The Morgan fingerprint density at radius 2 is 2.33 bits per heavy atom. The highest BCUT2D eigenvalue weighted by Gasteiger charge is 2.31. The molecule has 1 fully saturated rings. The fourth-order valence-corrected chi connectivity index (χ4v) is 1.60. The summed E-state index contributed by atoms with van der Waals surface area (Å²) in [6.07, 6.45) is 2.14. The van der Waals surface area contributed by atoms with Gasteiger partial charge in [-0.05, 0) is 18.9 Å². The van der Waals surface area contributed by atoms with Crippen LogP contribution < -0.4 is 5.32 Å². The standard InChI is InChI=1S/C8H15NO2.ClH/c1-3-6-4-5-9-7(6)8(10)11-2;/h6-7,9H,3-5H2,1-2H3;1H/t6-,7-;/m0./s1. The normalized spacial score (nSPS) is 27.8. The summed E-state index contributed by atoms with van der Waals surface area (Å²) >= 11 is 0. The minimum atomic E-state index is -0.116. The largest absolute Gasteiger partial charge is 0.468 e. The lowest BCUT2D eigenvalue weighted by Gasteiger charge is -2.14. The van der Waals surface area contributed by atoms with Gasteiger partial charge in [0.05, 0.1) is 7.11 Å². The molecule has 1 N–H and O–H groups in total. The molecule has 1 aliphatic heterocycles. The fraction of sp³-hybridized carbons (Fsp3) is 0.875. The van der Waals surface area contributed by atoms with Gasteiger partial charge in [0, 0.05) is 0 Å². The van der Waals surface area contributed by atoms with Gasteiger partial charge in [-0.3, -0.25) is 4.79 Å². The van der Waals surface area contributed by atoms with Gasteiger partial charge in [-0.2, -0.15) is 0 Å². The second-order valence-electron chi connectivity index (χ2n) is 2.91. The van der Waals surface area contributed by atoms with Crippen molar-refractivity contribution in [1.29, 1.82) is 0 Å². The van der Waals surface area contributed by atoms with Crippen LogP contribution in [0.2, 0.25) is 0 Å². The van der Waals surface area contributed by atoms with Gasteiger partial charge in [0.25, 0.3) is 0 Å². The number of hydrogen-bond donors (Lipinski definition) is 1. The molecule has 0 spiro atoms. The van der Waals surface area contributed by atoms with Crippen molar-refractivity contribution < 1.29 is 9.53 Å². The molecule has 1 saturated heterocycles. The fourth-order valence-electron chi connectivity index (χ4n) is 1.60. The van der Waals surface area contributed by atoms with E-state index in [9.17, 15) is 4.79 Å². The molecule has 3 nitrogen and oxygen atoms in total. The number of carbonyl (C=O) groups excluding carboxylic acids is 1. The quantitative estimate of drug-likeness (QED) is 0.665. The molecular weight excluding hydrogens is 178 g/mol. The molecule has 0 saturated carbocycles. The number of esters is 1. The van der Waals surface area contributed by atoms with Crippen LogP contribution in [0, 0.1) is 5.92 Å². The lowest BCUT2D eigenvalue weighted by molar-refractivity contribution is -0.143. The van der Waals surface area contributed by atoms with Gasteiger partial charge in [0.15, 0.2) is 0 Å². The molecule has 2 atom stereocenters. The van der Waals surface area contributed by atoms with Gasteiger partial charge in [-0.1, -0.05) is 13.3 Å². The Morgan fingerprint density at radius 1 is 1.67 bits per heavy atom. The summed E-state index contributed by atoms with van der Waals surface area (Å²) in [6.45, 7) is 3.05. The summed E-state index contributed by atoms with van der Waals surface area (Å²) in [5.74, 6) is 0.358. The first-order chi connectivity index (χ1) is 5.29. The van der Waals surface area contributed by atoms with E-state index in [1.165, 1.54) is 7.11 Å². The molecule has 0 aromatic carbocycles. The molecule has 0 radical (unpaired) electrons. The molecule has 0 aromatic rings. The molecule has 0 aromatic heterocycles. The van der Waals surface area contributed by atoms with Crippen LogP contribution in [0.1, 0.15) is 19.8 Å². The molecule has 0 unspecified atom stereocenters. The maximum atomic E-state index is 11.1. The summed E-state index contributed by atoms with van der Waals surface area (Å²) in [4.78, 5) is 11.1. The number of carbonyl (C=O) groups is 1. The van der Waals surface area contributed by atoms with Gasteiger partial charge in [0.1, 0.15) is 6.04 Å². The predicted octanol–water partition coefficient (Wildman–Crippen LogP) is 0.969. The molecular formula is C8H16ClNO2. The Balaban J connectivity index is 0.00000121. The highest BCUT2D eigenvalue weighted by atomic mass is 35.5. The summed E-state index contributed by atoms with van der Waals surface area (Å²) in [7, 11) is 1.44. The number of ether oxygens (including phenoxy) is 1. The highest BCUT2D eigenvalue weighted by molar-refractivity contribution is 5.85. The van der Waals surface area contributed by atoms with E-state index < -0.39 is 0 Å². The molecule has 0 bridgehead atoms. The van der Waals surface area contributed by atoms with Crippen molar-refractivity contribution in [2.24, 2.45) is 5.92 Å². The first kappa shape index (κ1) is 11.7. The Hall–Kier alpha value is -0.280. The van der Waals surface area contributed by atoms with Crippen molar-refractivity contribution in [3.63, 3.8) is 0 Å². The summed E-state index contributed by atoms with van der Waals surface area (Å²) in [5, 5.41) is 3.13. The van der Waals surface area contributed by atoms with Crippen LogP contribution in [-0.4, -0.2) is 25.7 Å². The molecule has 1 rings (SSSR count). The molecule has 72 valence electrons. The van der Waals surface area contributed by atoms with E-state index in [0.717, 1.165) is 19.4 Å². The SMILES string of the molecule is CC[C@H]1CCN[C@@H]1C(=O)OC.Cl. The average Bonchev–Trinajstić information content (AvgIpc) is 2.50. The first-order valence-electron chi connectivity index (χ1n) is 4.10. The van der Waals surface area contributed by atoms with E-state index in [1.54, 1.807) is 0 Å². The van der Waals surface area contributed by atoms with Crippen molar-refractivity contribution >= 4 is 18.4 Å². The average molecular weight is 194 g/mol. The Bertz CT molecular complexity index is 152. The van der Waals surface area contributed by atoms with E-state index in [0.29, 0.717) is 5.92 Å². The van der Waals surface area contributed by atoms with Crippen LogP contribution in [0.3, 0.4) is 0 Å². The lowest BCUT2D eigenvalue weighted by Crippen LogP contribution is -2.36. The maximum absolute atomic E-state index is 11.1. The minimum absolute atomic E-state index is 0. The summed E-state index contributed by atoms with van der Waals surface area (Å²) in [5.41, 5.74) is 0. The molecule has 0 amide bonds. The van der Waals surface area contributed by atoms with Crippen LogP contribution >= 0.6 is 12.4 Å². The zero-order valence-corrected chi connectivity index (χ0v) is 8.32. The zero-order chi connectivity index (χ0) is 8.27. The van der Waals surface area contributed by atoms with E-state index >= 15 is 0 Å². The molecule has 1 aliphatic rings. The topological polar surface area (TPSA) is 38.3 Å². The van der Waals surface area contributed by atoms with E-state index in [-0.39, 0.29) is 24.4 Å². The number of halogens is 1. The van der Waals surface area contributed by atoms with Crippen LogP contribution in [0.4, 0.5) is 0 Å². The minimum Gasteiger partial charge on any atom is -0.468 e. The van der Waals surface area contributed by atoms with Crippen LogP contribution in [-0.2, 0) is 9.53 Å². The number of methoxy groups -OCH3 is 1. The van der Waals surface area contributed by atoms with Crippen LogP contribution in [0.25, 0.3) is 0 Å². The zero-order valence-electron chi connectivity index (χ0n) is 7.50. The van der Waals surface area contributed by atoms with Crippen molar-refractivity contribution in [1.82, 2.24) is 5.32 Å². The second-order valence-corrected chi connectivity index (χ2v) is 2.91. The van der Waals surface area contributed by atoms with Gasteiger partial charge >= 0.3 is 5.97 Å². The third kappa shape index (κ3) is 2.35. The monoisotopic (exact) mass is 193 g/mol. The van der Waals surface area contributed by atoms with Gasteiger partial charge in [-0.25, -0.2) is 0 Å². The van der Waals surface area contributed by atoms with Gasteiger partial charge in [0.2, 0.25) is 0 Å². The van der Waals surface area contributed by atoms with Gasteiger partial charge in [-0.15, -0.1) is 12.4 Å². The Morgan fingerprint density at radius 3 is 2.83 bits per heavy atom. The lowest BCUT2D eigenvalue weighted by atomic mass is 9.98. The Labute approximate surface area is 79.3 Å². The molecule has 12 heavy (non-hydrogen) atoms. The Kier molecular flexibility index (Phi) is 5.25. The van der Waals surface area contributed by atoms with Crippen molar-refractivity contribution in [3.05, 3.63) is 0 Å². The third-order valence-corrected chi connectivity index (χ3v) is 2.33. The predicted molar refractivity (Wildman–Crippen MR) is 49.5 cm³/mol. The molecule has 1 heterocycles. The molecule has 4 heteroatoms. The summed E-state index contributed by atoms with van der Waals surface area (Å²) < 4.78 is 4.66. The van der Waals surface area contributed by atoms with Crippen molar-refractivity contribution in [2.45, 2.75) is 25.8 Å². The van der Waals surface area contributed by atoms with E-state index in [4.69, 9.17) is 0 Å². The smallest absolute Gasteiger partial charge is 0.323 e. The van der Waals surface area contributed by atoms with E-state index in [1.807, 2.05) is 0 Å². The maximum Gasteiger partial charge on any atom is 0.323 e. The first-order valence-corrected chi connectivity index (χ1v) is 4.10. The second kappa shape index (κ2) is 5.38. The van der Waals surface area contributed by atoms with E-state index in [2.05, 4.69) is 17.0 Å².